The van der Waals surface area contributed by atoms with Crippen molar-refractivity contribution in [3.8, 4) is 10.6 Å². The maximum atomic E-state index is 5.51. The van der Waals surface area contributed by atoms with Gasteiger partial charge in [-0.2, -0.15) is 0 Å². The van der Waals surface area contributed by atoms with Crippen LogP contribution >= 0.6 is 11.3 Å². The van der Waals surface area contributed by atoms with E-state index in [0.717, 1.165) is 15.6 Å². The van der Waals surface area contributed by atoms with Gasteiger partial charge in [-0.05, 0) is 19.4 Å². The largest absolute Gasteiger partial charge is 0.324 e. The van der Waals surface area contributed by atoms with Gasteiger partial charge in [-0.15, -0.1) is 10.2 Å². The summed E-state index contributed by atoms with van der Waals surface area (Å²) in [5.74, 6) is 0. The summed E-state index contributed by atoms with van der Waals surface area (Å²) in [6.45, 7) is 4.64. The summed E-state index contributed by atoms with van der Waals surface area (Å²) in [5, 5.41) is 9.99. The van der Waals surface area contributed by atoms with E-state index < -0.39 is 0 Å². The number of nitrogens with two attached hydrogens (primary N) is 1. The SMILES string of the molecule is Cc1ccc(-c2nnc(CN)s2)c(C)c1. The molecule has 2 N–H and O–H groups in total. The average molecular weight is 219 g/mol. The van der Waals surface area contributed by atoms with E-state index in [4.69, 9.17) is 5.73 Å². The third kappa shape index (κ3) is 2.06. The molecule has 0 amide bonds. The molecule has 0 bridgehead atoms. The Balaban J connectivity index is 2.44. The molecule has 3 nitrogen and oxygen atoms in total. The van der Waals surface area contributed by atoms with E-state index in [1.807, 2.05) is 0 Å². The fraction of sp³-hybridized carbons (Fsp3) is 0.273. The Bertz CT molecular complexity index is 476. The average Bonchev–Trinajstić information content (AvgIpc) is 2.66. The van der Waals surface area contributed by atoms with Gasteiger partial charge in [0.15, 0.2) is 0 Å². The first kappa shape index (κ1) is 10.3. The van der Waals surface area contributed by atoms with Crippen LogP contribution in [0.25, 0.3) is 10.6 Å². The molecule has 78 valence electrons. The van der Waals surface area contributed by atoms with E-state index in [0.29, 0.717) is 6.54 Å². The minimum Gasteiger partial charge on any atom is -0.324 e. The smallest absolute Gasteiger partial charge is 0.148 e. The lowest BCUT2D eigenvalue weighted by molar-refractivity contribution is 0.960. The molecular weight excluding hydrogens is 206 g/mol. The van der Waals surface area contributed by atoms with Crippen LogP contribution in [-0.2, 0) is 6.54 Å². The van der Waals surface area contributed by atoms with E-state index in [1.54, 1.807) is 11.3 Å². The summed E-state index contributed by atoms with van der Waals surface area (Å²) < 4.78 is 0. The summed E-state index contributed by atoms with van der Waals surface area (Å²) in [5.41, 5.74) is 9.16. The van der Waals surface area contributed by atoms with Crippen molar-refractivity contribution in [1.29, 1.82) is 0 Å². The Kier molecular flexibility index (Phi) is 2.79. The van der Waals surface area contributed by atoms with Crippen LogP contribution in [0.2, 0.25) is 0 Å². The highest BCUT2D eigenvalue weighted by Gasteiger charge is 2.07. The Morgan fingerprint density at radius 2 is 2.07 bits per heavy atom. The summed E-state index contributed by atoms with van der Waals surface area (Å²) in [7, 11) is 0. The molecule has 0 saturated carbocycles. The third-order valence-corrected chi connectivity index (χ3v) is 3.23. The molecule has 2 rings (SSSR count). The number of hydrogen-bond donors (Lipinski definition) is 1. The fourth-order valence-corrected chi connectivity index (χ4v) is 2.31. The van der Waals surface area contributed by atoms with Gasteiger partial charge in [-0.1, -0.05) is 35.1 Å². The standard InChI is InChI=1S/C11H13N3S/c1-7-3-4-9(8(2)5-7)11-14-13-10(6-12)15-11/h3-5H,6,12H2,1-2H3. The predicted molar refractivity (Wildman–Crippen MR) is 62.7 cm³/mol. The van der Waals surface area contributed by atoms with E-state index in [-0.39, 0.29) is 0 Å². The topological polar surface area (TPSA) is 51.8 Å². The molecule has 0 atom stereocenters. The number of nitrogens with zero attached hydrogens (tertiary/aromatic N) is 2. The molecule has 4 heteroatoms. The second kappa shape index (κ2) is 4.08. The van der Waals surface area contributed by atoms with E-state index in [1.165, 1.54) is 11.1 Å². The number of rotatable bonds is 2. The van der Waals surface area contributed by atoms with Crippen molar-refractivity contribution in [2.75, 3.05) is 0 Å². The van der Waals surface area contributed by atoms with Gasteiger partial charge in [0, 0.05) is 12.1 Å². The molecule has 0 fully saturated rings. The summed E-state index contributed by atoms with van der Waals surface area (Å²) in [6.07, 6.45) is 0. The zero-order chi connectivity index (χ0) is 10.8. The van der Waals surface area contributed by atoms with Gasteiger partial charge >= 0.3 is 0 Å². The first-order valence-electron chi connectivity index (χ1n) is 4.81. The van der Waals surface area contributed by atoms with Gasteiger partial charge in [-0.3, -0.25) is 0 Å². The lowest BCUT2D eigenvalue weighted by atomic mass is 10.1. The van der Waals surface area contributed by atoms with Gasteiger partial charge in [0.2, 0.25) is 0 Å². The molecule has 0 aliphatic rings. The molecule has 1 aromatic carbocycles. The molecule has 0 radical (unpaired) electrons. The molecule has 0 saturated heterocycles. The van der Waals surface area contributed by atoms with Gasteiger partial charge in [0.05, 0.1) is 0 Å². The zero-order valence-corrected chi connectivity index (χ0v) is 9.64. The van der Waals surface area contributed by atoms with Crippen molar-refractivity contribution in [1.82, 2.24) is 10.2 Å². The van der Waals surface area contributed by atoms with Gasteiger partial charge in [0.25, 0.3) is 0 Å². The molecule has 15 heavy (non-hydrogen) atoms. The zero-order valence-electron chi connectivity index (χ0n) is 8.82. The van der Waals surface area contributed by atoms with Crippen molar-refractivity contribution in [2.45, 2.75) is 20.4 Å². The first-order valence-corrected chi connectivity index (χ1v) is 5.62. The highest BCUT2D eigenvalue weighted by atomic mass is 32.1. The van der Waals surface area contributed by atoms with Crippen LogP contribution < -0.4 is 5.73 Å². The lowest BCUT2D eigenvalue weighted by Gasteiger charge is -2.01. The van der Waals surface area contributed by atoms with Crippen LogP contribution in [0, 0.1) is 13.8 Å². The maximum Gasteiger partial charge on any atom is 0.148 e. The van der Waals surface area contributed by atoms with Crippen LogP contribution in [0.3, 0.4) is 0 Å². The first-order chi connectivity index (χ1) is 7.20. The van der Waals surface area contributed by atoms with Crippen molar-refractivity contribution < 1.29 is 0 Å². The van der Waals surface area contributed by atoms with Gasteiger partial charge < -0.3 is 5.73 Å². The third-order valence-electron chi connectivity index (χ3n) is 2.25. The van der Waals surface area contributed by atoms with Gasteiger partial charge in [0.1, 0.15) is 10.0 Å². The monoisotopic (exact) mass is 219 g/mol. The van der Waals surface area contributed by atoms with Crippen molar-refractivity contribution >= 4 is 11.3 Å². The number of hydrogen-bond acceptors (Lipinski definition) is 4. The Morgan fingerprint density at radius 1 is 1.27 bits per heavy atom. The van der Waals surface area contributed by atoms with E-state index in [9.17, 15) is 0 Å². The summed E-state index contributed by atoms with van der Waals surface area (Å²) in [4.78, 5) is 0. The molecular formula is C11H13N3S. The second-order valence-electron chi connectivity index (χ2n) is 3.52. The molecule has 2 aromatic rings. The van der Waals surface area contributed by atoms with Crippen LogP contribution in [-0.4, -0.2) is 10.2 Å². The molecule has 0 unspecified atom stereocenters. The minimum atomic E-state index is 0.461. The normalized spacial score (nSPS) is 10.6. The number of benzene rings is 1. The summed E-state index contributed by atoms with van der Waals surface area (Å²) in [6, 6.07) is 6.33. The quantitative estimate of drug-likeness (QED) is 0.843. The Hall–Kier alpha value is -1.26. The van der Waals surface area contributed by atoms with Crippen LogP contribution in [0.5, 0.6) is 0 Å². The van der Waals surface area contributed by atoms with Crippen molar-refractivity contribution in [3.05, 3.63) is 34.3 Å². The number of aryl methyl sites for hydroxylation is 2. The lowest BCUT2D eigenvalue weighted by Crippen LogP contribution is -1.94. The van der Waals surface area contributed by atoms with E-state index >= 15 is 0 Å². The highest BCUT2D eigenvalue weighted by molar-refractivity contribution is 7.14. The highest BCUT2D eigenvalue weighted by Crippen LogP contribution is 2.26. The molecule has 1 aromatic heterocycles. The minimum absolute atomic E-state index is 0.461. The van der Waals surface area contributed by atoms with Crippen molar-refractivity contribution in [3.63, 3.8) is 0 Å². The van der Waals surface area contributed by atoms with E-state index in [2.05, 4.69) is 42.2 Å². The van der Waals surface area contributed by atoms with Gasteiger partial charge in [-0.25, -0.2) is 0 Å². The van der Waals surface area contributed by atoms with Crippen LogP contribution in [0.1, 0.15) is 16.1 Å². The van der Waals surface area contributed by atoms with Crippen LogP contribution in [0.4, 0.5) is 0 Å². The number of aromatic nitrogens is 2. The fourth-order valence-electron chi connectivity index (χ4n) is 1.50. The molecule has 0 aliphatic carbocycles. The Morgan fingerprint density at radius 3 is 2.67 bits per heavy atom. The molecule has 1 heterocycles. The van der Waals surface area contributed by atoms with Crippen molar-refractivity contribution in [2.24, 2.45) is 5.73 Å². The van der Waals surface area contributed by atoms with Crippen LogP contribution in [0.15, 0.2) is 18.2 Å². The Labute approximate surface area is 93.0 Å². The molecule has 0 aliphatic heterocycles. The summed E-state index contributed by atoms with van der Waals surface area (Å²) >= 11 is 1.56. The second-order valence-corrected chi connectivity index (χ2v) is 4.59. The maximum absolute atomic E-state index is 5.51. The predicted octanol–water partition coefficient (Wildman–Crippen LogP) is 2.28. The molecule has 0 spiro atoms.